The van der Waals surface area contributed by atoms with Crippen LogP contribution in [0.25, 0.3) is 10.8 Å². The highest BCUT2D eigenvalue weighted by Crippen LogP contribution is 2.36. The second kappa shape index (κ2) is 8.53. The van der Waals surface area contributed by atoms with Gasteiger partial charge in [0.1, 0.15) is 23.9 Å². The number of carbonyl (C=O) groups excluding carboxylic acids is 1. The van der Waals surface area contributed by atoms with Gasteiger partial charge < -0.3 is 19.9 Å². The minimum absolute atomic E-state index is 0.0372. The first-order valence-electron chi connectivity index (χ1n) is 9.37. The van der Waals surface area contributed by atoms with Crippen LogP contribution in [0.4, 0.5) is 5.82 Å². The highest BCUT2D eigenvalue weighted by Gasteiger charge is 2.21. The van der Waals surface area contributed by atoms with Crippen molar-refractivity contribution in [2.45, 2.75) is 6.61 Å². The summed E-state index contributed by atoms with van der Waals surface area (Å²) in [5, 5.41) is 1.28. The molecule has 4 aromatic rings. The summed E-state index contributed by atoms with van der Waals surface area (Å²) in [6, 6.07) is 24.5. The molecule has 0 bridgehead atoms. The number of carbonyl (C=O) groups is 1. The number of pyridine rings is 1. The first-order chi connectivity index (χ1) is 14.7. The van der Waals surface area contributed by atoms with Gasteiger partial charge in [0.2, 0.25) is 0 Å². The maximum absolute atomic E-state index is 12.3. The highest BCUT2D eigenvalue weighted by atomic mass is 16.5. The Morgan fingerprint density at radius 2 is 1.60 bits per heavy atom. The summed E-state index contributed by atoms with van der Waals surface area (Å²) in [7, 11) is 1.29. The Morgan fingerprint density at radius 1 is 0.900 bits per heavy atom. The van der Waals surface area contributed by atoms with Crippen molar-refractivity contribution < 1.29 is 19.0 Å². The Kier molecular flexibility index (Phi) is 5.48. The van der Waals surface area contributed by atoms with E-state index in [1.807, 2.05) is 60.7 Å². The van der Waals surface area contributed by atoms with Crippen LogP contribution in [0.2, 0.25) is 0 Å². The maximum atomic E-state index is 12.3. The smallest absolute Gasteiger partial charge is 0.360 e. The summed E-state index contributed by atoms with van der Waals surface area (Å²) in [5.74, 6) is 1.20. The second-order valence-corrected chi connectivity index (χ2v) is 6.56. The van der Waals surface area contributed by atoms with E-state index >= 15 is 0 Å². The summed E-state index contributed by atoms with van der Waals surface area (Å²) in [5.41, 5.74) is 7.16. The molecule has 0 aliphatic rings. The zero-order valence-electron chi connectivity index (χ0n) is 16.4. The van der Waals surface area contributed by atoms with Crippen LogP contribution < -0.4 is 15.2 Å². The van der Waals surface area contributed by atoms with Crippen LogP contribution in [0.15, 0.2) is 78.9 Å². The fraction of sp³-hybridized carbons (Fsp3) is 0.0833. The van der Waals surface area contributed by atoms with Crippen molar-refractivity contribution in [3.05, 3.63) is 90.1 Å². The molecule has 30 heavy (non-hydrogen) atoms. The molecule has 6 nitrogen and oxygen atoms in total. The Hall–Kier alpha value is -4.06. The average Bonchev–Trinajstić information content (AvgIpc) is 2.79. The van der Waals surface area contributed by atoms with E-state index in [2.05, 4.69) is 4.98 Å². The van der Waals surface area contributed by atoms with Crippen LogP contribution in [0.3, 0.4) is 0 Å². The lowest BCUT2D eigenvalue weighted by atomic mass is 10.1. The summed E-state index contributed by atoms with van der Waals surface area (Å²) in [6.07, 6.45) is 0. The quantitative estimate of drug-likeness (QED) is 0.460. The number of fused-ring (bicyclic) bond motifs is 1. The number of nitrogens with zero attached hydrogens (tertiary/aromatic N) is 1. The number of rotatable bonds is 6. The third kappa shape index (κ3) is 4.03. The van der Waals surface area contributed by atoms with E-state index in [-0.39, 0.29) is 18.1 Å². The molecular weight excluding hydrogens is 380 g/mol. The van der Waals surface area contributed by atoms with Crippen molar-refractivity contribution in [2.24, 2.45) is 0 Å². The molecule has 6 heteroatoms. The topological polar surface area (TPSA) is 83.7 Å². The number of para-hydroxylation sites is 1. The number of aromatic nitrogens is 1. The number of nitrogen functional groups attached to an aromatic ring is 1. The molecule has 0 spiro atoms. The van der Waals surface area contributed by atoms with E-state index in [1.165, 1.54) is 7.11 Å². The van der Waals surface area contributed by atoms with Gasteiger partial charge in [-0.3, -0.25) is 0 Å². The molecule has 0 atom stereocenters. The van der Waals surface area contributed by atoms with E-state index in [0.29, 0.717) is 28.0 Å². The molecule has 0 aliphatic carbocycles. The number of anilines is 1. The van der Waals surface area contributed by atoms with E-state index in [1.54, 1.807) is 18.2 Å². The number of ether oxygens (including phenoxy) is 3. The van der Waals surface area contributed by atoms with Crippen LogP contribution >= 0.6 is 0 Å². The fourth-order valence-electron chi connectivity index (χ4n) is 3.09. The molecule has 0 amide bonds. The van der Waals surface area contributed by atoms with E-state index < -0.39 is 5.97 Å². The van der Waals surface area contributed by atoms with Crippen LogP contribution in [-0.2, 0) is 11.3 Å². The van der Waals surface area contributed by atoms with Gasteiger partial charge in [-0.15, -0.1) is 0 Å². The van der Waals surface area contributed by atoms with Gasteiger partial charge in [-0.25, -0.2) is 9.78 Å². The highest BCUT2D eigenvalue weighted by molar-refractivity contribution is 6.03. The minimum Gasteiger partial charge on any atom is -0.486 e. The Balaban J connectivity index is 1.75. The third-order valence-corrected chi connectivity index (χ3v) is 4.54. The summed E-state index contributed by atoms with van der Waals surface area (Å²) < 4.78 is 16.8. The van der Waals surface area contributed by atoms with Crippen molar-refractivity contribution in [3.63, 3.8) is 0 Å². The zero-order valence-corrected chi connectivity index (χ0v) is 16.4. The van der Waals surface area contributed by atoms with E-state index in [0.717, 1.165) is 5.56 Å². The lowest BCUT2D eigenvalue weighted by molar-refractivity contribution is 0.0589. The van der Waals surface area contributed by atoms with Crippen LogP contribution in [-0.4, -0.2) is 18.1 Å². The molecule has 0 aliphatic heterocycles. The molecule has 150 valence electrons. The van der Waals surface area contributed by atoms with Gasteiger partial charge in [0.15, 0.2) is 11.4 Å². The first kappa shape index (κ1) is 19.3. The number of benzene rings is 3. The fourth-order valence-corrected chi connectivity index (χ4v) is 3.09. The number of hydrogen-bond donors (Lipinski definition) is 1. The number of hydrogen-bond acceptors (Lipinski definition) is 6. The van der Waals surface area contributed by atoms with Crippen LogP contribution in [0.5, 0.6) is 17.2 Å². The van der Waals surface area contributed by atoms with Gasteiger partial charge in [-0.05, 0) is 35.9 Å². The van der Waals surface area contributed by atoms with Crippen molar-refractivity contribution in [1.29, 1.82) is 0 Å². The lowest BCUT2D eigenvalue weighted by Gasteiger charge is -2.15. The molecule has 2 N–H and O–H groups in total. The predicted octanol–water partition coefficient (Wildman–Crippen LogP) is 4.97. The van der Waals surface area contributed by atoms with Gasteiger partial charge in [-0.2, -0.15) is 0 Å². The molecule has 0 saturated heterocycles. The molecule has 1 heterocycles. The van der Waals surface area contributed by atoms with Gasteiger partial charge in [0.05, 0.1) is 7.11 Å². The Bertz CT molecular complexity index is 1180. The molecule has 0 fully saturated rings. The van der Waals surface area contributed by atoms with Gasteiger partial charge in [0.25, 0.3) is 0 Å². The van der Waals surface area contributed by atoms with E-state index in [9.17, 15) is 4.79 Å². The number of methoxy groups -OCH3 is 1. The van der Waals surface area contributed by atoms with Gasteiger partial charge in [0, 0.05) is 10.8 Å². The van der Waals surface area contributed by atoms with Crippen molar-refractivity contribution in [3.8, 4) is 17.2 Å². The standard InChI is InChI=1S/C24H20N2O4/c1-28-24(27)21-22(29-15-16-8-4-2-5-9-16)19-13-12-18(14-20(19)23(25)26-21)30-17-10-6-3-7-11-17/h2-14H,15H2,1H3,(H2,25,26). The van der Waals surface area contributed by atoms with Crippen molar-refractivity contribution >= 4 is 22.6 Å². The first-order valence-corrected chi connectivity index (χ1v) is 9.37. The van der Waals surface area contributed by atoms with Crippen LogP contribution in [0, 0.1) is 0 Å². The summed E-state index contributed by atoms with van der Waals surface area (Å²) in [4.78, 5) is 16.6. The summed E-state index contributed by atoms with van der Waals surface area (Å²) >= 11 is 0. The van der Waals surface area contributed by atoms with E-state index in [4.69, 9.17) is 19.9 Å². The van der Waals surface area contributed by atoms with Crippen molar-refractivity contribution in [1.82, 2.24) is 4.98 Å². The minimum atomic E-state index is -0.615. The second-order valence-electron chi connectivity index (χ2n) is 6.56. The monoisotopic (exact) mass is 400 g/mol. The molecule has 1 aromatic heterocycles. The van der Waals surface area contributed by atoms with Crippen molar-refractivity contribution in [2.75, 3.05) is 12.8 Å². The molecule has 4 rings (SSSR count). The number of nitrogens with two attached hydrogens (primary N) is 1. The Labute approximate surface area is 173 Å². The average molecular weight is 400 g/mol. The Morgan fingerprint density at radius 3 is 2.30 bits per heavy atom. The molecule has 3 aromatic carbocycles. The third-order valence-electron chi connectivity index (χ3n) is 4.54. The van der Waals surface area contributed by atoms with Gasteiger partial charge >= 0.3 is 5.97 Å². The predicted molar refractivity (Wildman–Crippen MR) is 115 cm³/mol. The zero-order chi connectivity index (χ0) is 20.9. The largest absolute Gasteiger partial charge is 0.486 e. The van der Waals surface area contributed by atoms with Crippen LogP contribution in [0.1, 0.15) is 16.1 Å². The van der Waals surface area contributed by atoms with Gasteiger partial charge in [-0.1, -0.05) is 48.5 Å². The maximum Gasteiger partial charge on any atom is 0.360 e. The molecule has 0 unspecified atom stereocenters. The summed E-state index contributed by atoms with van der Waals surface area (Å²) in [6.45, 7) is 0.272. The molecule has 0 saturated carbocycles. The molecule has 0 radical (unpaired) electrons. The molecular formula is C24H20N2O4. The number of esters is 1. The normalized spacial score (nSPS) is 10.6. The SMILES string of the molecule is COC(=O)c1nc(N)c2cc(Oc3ccccc3)ccc2c1OCc1ccccc1. The lowest BCUT2D eigenvalue weighted by Crippen LogP contribution is -2.11.